The summed E-state index contributed by atoms with van der Waals surface area (Å²) in [4.78, 5) is 11.7. The molecule has 2 aliphatic carbocycles. The third-order valence-electron chi connectivity index (χ3n) is 8.80. The normalized spacial score (nSPS) is 19.9. The second kappa shape index (κ2) is 10.6. The summed E-state index contributed by atoms with van der Waals surface area (Å²) in [5, 5.41) is 9.60. The summed E-state index contributed by atoms with van der Waals surface area (Å²) in [5.74, 6) is -2.98. The van der Waals surface area contributed by atoms with Crippen LogP contribution in [0.5, 0.6) is 5.75 Å². The van der Waals surface area contributed by atoms with E-state index in [2.05, 4.69) is 20.8 Å². The van der Waals surface area contributed by atoms with Crippen molar-refractivity contribution >= 4 is 5.97 Å². The molecule has 2 aliphatic rings. The van der Waals surface area contributed by atoms with Gasteiger partial charge in [-0.2, -0.15) is 0 Å². The number of benzene rings is 3. The van der Waals surface area contributed by atoms with Crippen LogP contribution in [0.4, 0.5) is 13.2 Å². The number of ether oxygens (including phenoxy) is 1. The number of carbonyl (C=O) groups is 1. The largest absolute Gasteiger partial charge is 0.486 e. The predicted molar refractivity (Wildman–Crippen MR) is 150 cm³/mol. The van der Waals surface area contributed by atoms with E-state index in [9.17, 15) is 14.3 Å². The van der Waals surface area contributed by atoms with Crippen LogP contribution in [0.25, 0.3) is 11.1 Å². The molecule has 0 amide bonds. The topological polar surface area (TPSA) is 46.5 Å². The van der Waals surface area contributed by atoms with Crippen LogP contribution < -0.4 is 4.74 Å². The molecule has 3 aromatic carbocycles. The summed E-state index contributed by atoms with van der Waals surface area (Å²) < 4.78 is 52.1. The van der Waals surface area contributed by atoms with Gasteiger partial charge < -0.3 is 9.84 Å². The fraction of sp³-hybridized carbons (Fsp3) is 0.441. The number of hydrogen-bond donors (Lipinski definition) is 1. The lowest BCUT2D eigenvalue weighted by molar-refractivity contribution is -0.139. The Morgan fingerprint density at radius 2 is 1.82 bits per heavy atom. The zero-order valence-electron chi connectivity index (χ0n) is 23.7. The number of fused-ring (bicyclic) bond motifs is 2. The number of aryl methyl sites for hydroxylation is 2. The Hall–Kier alpha value is -3.28. The monoisotopic (exact) mass is 550 g/mol. The predicted octanol–water partition coefficient (Wildman–Crippen LogP) is 8.71. The van der Waals surface area contributed by atoms with Crippen molar-refractivity contribution in [3.63, 3.8) is 0 Å². The van der Waals surface area contributed by atoms with Crippen molar-refractivity contribution in [2.75, 3.05) is 0 Å². The van der Waals surface area contributed by atoms with Crippen LogP contribution in [0.3, 0.4) is 0 Å². The SMILES string of the molecule is CCCC(C)(C)Cc1cc(COc2ccc3c(c2F)C2(CCC3)CC2C(=O)O)c(F)cc1-c1cc(C)ccc1F. The fourth-order valence-corrected chi connectivity index (χ4v) is 6.81. The molecule has 0 aromatic heterocycles. The quantitative estimate of drug-likeness (QED) is 0.290. The van der Waals surface area contributed by atoms with Crippen molar-refractivity contribution in [2.45, 2.75) is 84.7 Å². The molecule has 3 aromatic rings. The first-order valence-electron chi connectivity index (χ1n) is 14.2. The highest BCUT2D eigenvalue weighted by molar-refractivity contribution is 5.78. The number of aliphatic carboxylic acids is 1. The average molecular weight is 551 g/mol. The summed E-state index contributed by atoms with van der Waals surface area (Å²) >= 11 is 0. The molecule has 0 bridgehead atoms. The molecule has 212 valence electrons. The van der Waals surface area contributed by atoms with Gasteiger partial charge in [0.15, 0.2) is 11.6 Å². The number of carboxylic acid groups (broad SMARTS) is 1. The summed E-state index contributed by atoms with van der Waals surface area (Å²) in [6, 6.07) is 11.3. The van der Waals surface area contributed by atoms with E-state index in [-0.39, 0.29) is 23.3 Å². The summed E-state index contributed by atoms with van der Waals surface area (Å²) in [7, 11) is 0. The van der Waals surface area contributed by atoms with E-state index in [1.54, 1.807) is 24.3 Å². The molecular formula is C34H37F3O3. The Kier molecular flexibility index (Phi) is 7.49. The van der Waals surface area contributed by atoms with E-state index < -0.39 is 34.8 Å². The third-order valence-corrected chi connectivity index (χ3v) is 8.80. The minimum atomic E-state index is -0.899. The highest BCUT2D eigenvalue weighted by Gasteiger charge is 2.62. The molecule has 1 fully saturated rings. The van der Waals surface area contributed by atoms with E-state index in [1.165, 1.54) is 12.1 Å². The van der Waals surface area contributed by atoms with Crippen molar-refractivity contribution in [3.05, 3.63) is 87.7 Å². The first-order chi connectivity index (χ1) is 19.0. The van der Waals surface area contributed by atoms with Gasteiger partial charge in [0, 0.05) is 22.1 Å². The van der Waals surface area contributed by atoms with E-state index in [1.807, 2.05) is 13.0 Å². The number of rotatable bonds is 9. The first-order valence-corrected chi connectivity index (χ1v) is 14.2. The Morgan fingerprint density at radius 3 is 2.52 bits per heavy atom. The second-order valence-electron chi connectivity index (χ2n) is 12.5. The van der Waals surface area contributed by atoms with Crippen molar-refractivity contribution in [3.8, 4) is 16.9 Å². The Labute approximate surface area is 234 Å². The van der Waals surface area contributed by atoms with E-state index in [4.69, 9.17) is 4.74 Å². The van der Waals surface area contributed by atoms with Gasteiger partial charge in [-0.1, -0.05) is 44.9 Å². The minimum Gasteiger partial charge on any atom is -0.486 e. The maximum atomic E-state index is 15.8. The third kappa shape index (κ3) is 5.25. The maximum Gasteiger partial charge on any atom is 0.307 e. The smallest absolute Gasteiger partial charge is 0.307 e. The van der Waals surface area contributed by atoms with Gasteiger partial charge >= 0.3 is 5.97 Å². The number of halogens is 3. The van der Waals surface area contributed by atoms with E-state index >= 15 is 8.78 Å². The van der Waals surface area contributed by atoms with Crippen LogP contribution in [0.1, 0.15) is 80.7 Å². The van der Waals surface area contributed by atoms with Crippen LogP contribution in [0.15, 0.2) is 42.5 Å². The standard InChI is InChI=1S/C34H37F3O3/c1-5-12-33(3,4)17-22-15-23(28(36)16-24(22)25-14-20(2)8-10-27(25)35)19-40-29-11-9-21-7-6-13-34(30(21)31(29)37)18-26(34)32(38)39/h8-11,14-16,26H,5-7,12-13,17-19H2,1-4H3,(H,38,39). The van der Waals surface area contributed by atoms with Gasteiger partial charge in [0.05, 0.1) is 5.92 Å². The molecule has 0 radical (unpaired) electrons. The fourth-order valence-electron chi connectivity index (χ4n) is 6.81. The Bertz CT molecular complexity index is 1460. The molecule has 0 heterocycles. The molecule has 2 unspecified atom stereocenters. The highest BCUT2D eigenvalue weighted by atomic mass is 19.1. The minimum absolute atomic E-state index is 0.00266. The van der Waals surface area contributed by atoms with Crippen molar-refractivity contribution in [2.24, 2.45) is 11.3 Å². The molecule has 6 heteroatoms. The van der Waals surface area contributed by atoms with Crippen molar-refractivity contribution in [1.29, 1.82) is 0 Å². The molecule has 40 heavy (non-hydrogen) atoms. The Balaban J connectivity index is 1.49. The van der Waals surface area contributed by atoms with Crippen LogP contribution in [0, 0.1) is 35.7 Å². The van der Waals surface area contributed by atoms with Gasteiger partial charge in [0.1, 0.15) is 18.2 Å². The molecule has 0 aliphatic heterocycles. The van der Waals surface area contributed by atoms with Gasteiger partial charge in [-0.25, -0.2) is 13.2 Å². The molecule has 1 spiro atoms. The van der Waals surface area contributed by atoms with Gasteiger partial charge in [0.2, 0.25) is 0 Å². The van der Waals surface area contributed by atoms with Crippen LogP contribution in [-0.2, 0) is 29.7 Å². The lowest BCUT2D eigenvalue weighted by Crippen LogP contribution is -2.23. The summed E-state index contributed by atoms with van der Waals surface area (Å²) in [5.41, 5.74) is 3.35. The van der Waals surface area contributed by atoms with Crippen LogP contribution in [0.2, 0.25) is 0 Å². The van der Waals surface area contributed by atoms with Gasteiger partial charge in [0.25, 0.3) is 0 Å². The highest BCUT2D eigenvalue weighted by Crippen LogP contribution is 2.61. The van der Waals surface area contributed by atoms with E-state index in [0.29, 0.717) is 42.4 Å². The van der Waals surface area contributed by atoms with Crippen LogP contribution >= 0.6 is 0 Å². The molecular weight excluding hydrogens is 513 g/mol. The van der Waals surface area contributed by atoms with Gasteiger partial charge in [-0.05, 0) is 97.9 Å². The molecule has 2 atom stereocenters. The van der Waals surface area contributed by atoms with Crippen molar-refractivity contribution in [1.82, 2.24) is 0 Å². The molecule has 1 saturated carbocycles. The number of carboxylic acids is 1. The zero-order valence-corrected chi connectivity index (χ0v) is 23.7. The maximum absolute atomic E-state index is 15.8. The molecule has 3 nitrogen and oxygen atoms in total. The Morgan fingerprint density at radius 1 is 1.05 bits per heavy atom. The van der Waals surface area contributed by atoms with Crippen molar-refractivity contribution < 1.29 is 27.8 Å². The first kappa shape index (κ1) is 28.3. The number of hydrogen-bond acceptors (Lipinski definition) is 2. The molecule has 0 saturated heterocycles. The van der Waals surface area contributed by atoms with Gasteiger partial charge in [-0.3, -0.25) is 4.79 Å². The zero-order chi connectivity index (χ0) is 28.8. The lowest BCUT2D eigenvalue weighted by atomic mass is 9.78. The van der Waals surface area contributed by atoms with Gasteiger partial charge in [-0.15, -0.1) is 0 Å². The average Bonchev–Trinajstić information content (AvgIpc) is 3.60. The van der Waals surface area contributed by atoms with Crippen LogP contribution in [-0.4, -0.2) is 11.1 Å². The second-order valence-corrected chi connectivity index (χ2v) is 12.5. The summed E-state index contributed by atoms with van der Waals surface area (Å²) in [6.45, 7) is 8.08. The van der Waals surface area contributed by atoms with E-state index in [0.717, 1.165) is 36.0 Å². The molecule has 1 N–H and O–H groups in total. The molecule has 5 rings (SSSR count). The lowest BCUT2D eigenvalue weighted by Gasteiger charge is -2.28. The summed E-state index contributed by atoms with van der Waals surface area (Å²) in [6.07, 6.45) is 5.14.